The number of para-hydroxylation sites is 1. The molecule has 0 saturated heterocycles. The Labute approximate surface area is 115 Å². The molecule has 1 aromatic carbocycles. The van der Waals surface area contributed by atoms with Crippen LogP contribution in [0.2, 0.25) is 0 Å². The molecule has 0 aliphatic heterocycles. The molecule has 1 aliphatic carbocycles. The molecule has 0 spiro atoms. The fourth-order valence-corrected chi connectivity index (χ4v) is 3.45. The Balaban J connectivity index is 1.91. The Morgan fingerprint density at radius 2 is 2.00 bits per heavy atom. The van der Waals surface area contributed by atoms with Crippen molar-refractivity contribution in [3.63, 3.8) is 0 Å². The number of fused-ring (bicyclic) bond motifs is 1. The first kappa shape index (κ1) is 12.7. The molecule has 1 fully saturated rings. The van der Waals surface area contributed by atoms with E-state index in [2.05, 4.69) is 36.6 Å². The number of benzene rings is 1. The summed E-state index contributed by atoms with van der Waals surface area (Å²) in [6.45, 7) is 1.10. The number of furan rings is 1. The lowest BCUT2D eigenvalue weighted by Crippen LogP contribution is -2.23. The predicted octanol–water partition coefficient (Wildman–Crippen LogP) is 4.32. The highest BCUT2D eigenvalue weighted by atomic mass is 16.3. The van der Waals surface area contributed by atoms with Crippen molar-refractivity contribution in [2.24, 2.45) is 5.92 Å². The molecule has 2 aromatic rings. The summed E-state index contributed by atoms with van der Waals surface area (Å²) in [7, 11) is 2.06. The topological polar surface area (TPSA) is 25.2 Å². The third-order valence-corrected chi connectivity index (χ3v) is 4.44. The normalized spacial score (nSPS) is 24.5. The minimum absolute atomic E-state index is 0.586. The Kier molecular flexibility index (Phi) is 3.88. The van der Waals surface area contributed by atoms with Gasteiger partial charge in [0.1, 0.15) is 11.3 Å². The van der Waals surface area contributed by atoms with Crippen LogP contribution in [-0.4, -0.2) is 13.6 Å². The Morgan fingerprint density at radius 1 is 1.16 bits per heavy atom. The summed E-state index contributed by atoms with van der Waals surface area (Å²) in [6, 6.07) is 10.6. The second-order valence-electron chi connectivity index (χ2n) is 5.75. The Morgan fingerprint density at radius 3 is 2.84 bits per heavy atom. The van der Waals surface area contributed by atoms with Gasteiger partial charge in [-0.15, -0.1) is 0 Å². The molecule has 2 unspecified atom stereocenters. The van der Waals surface area contributed by atoms with Crippen LogP contribution in [0.1, 0.15) is 43.8 Å². The smallest absolute Gasteiger partial charge is 0.134 e. The summed E-state index contributed by atoms with van der Waals surface area (Å²) in [5, 5.41) is 4.60. The van der Waals surface area contributed by atoms with Gasteiger partial charge < -0.3 is 9.73 Å². The summed E-state index contributed by atoms with van der Waals surface area (Å²) in [6.07, 6.45) is 6.66. The Hall–Kier alpha value is -1.28. The van der Waals surface area contributed by atoms with Gasteiger partial charge in [0.15, 0.2) is 0 Å². The van der Waals surface area contributed by atoms with E-state index in [9.17, 15) is 0 Å². The molecular formula is C17H23NO. The summed E-state index contributed by atoms with van der Waals surface area (Å²) in [5.41, 5.74) is 1.03. The maximum Gasteiger partial charge on any atom is 0.134 e. The van der Waals surface area contributed by atoms with Crippen LogP contribution in [0.4, 0.5) is 0 Å². The molecule has 1 aliphatic rings. The molecule has 2 nitrogen and oxygen atoms in total. The van der Waals surface area contributed by atoms with Crippen molar-refractivity contribution in [2.45, 2.75) is 38.0 Å². The van der Waals surface area contributed by atoms with Crippen molar-refractivity contribution in [1.82, 2.24) is 5.32 Å². The molecule has 1 saturated carbocycles. The molecule has 1 N–H and O–H groups in total. The molecule has 102 valence electrons. The lowest BCUT2D eigenvalue weighted by molar-refractivity contribution is 0.341. The van der Waals surface area contributed by atoms with Crippen LogP contribution in [0.25, 0.3) is 11.0 Å². The summed E-state index contributed by atoms with van der Waals surface area (Å²) in [4.78, 5) is 0. The molecule has 2 atom stereocenters. The Bertz CT molecular complexity index is 498. The average Bonchev–Trinajstić information content (AvgIpc) is 2.72. The highest BCUT2D eigenvalue weighted by Crippen LogP contribution is 2.38. The first-order valence-corrected chi connectivity index (χ1v) is 7.51. The van der Waals surface area contributed by atoms with Gasteiger partial charge in [-0.3, -0.25) is 0 Å². The summed E-state index contributed by atoms with van der Waals surface area (Å²) in [5.74, 6) is 2.50. The second kappa shape index (κ2) is 5.79. The minimum atomic E-state index is 0.586. The highest BCUT2D eigenvalue weighted by Gasteiger charge is 2.27. The SMILES string of the molecule is CNCC1CCCCCC1c1cc2ccccc2o1. The van der Waals surface area contributed by atoms with Crippen LogP contribution in [0.15, 0.2) is 34.7 Å². The molecule has 0 bridgehead atoms. The monoisotopic (exact) mass is 257 g/mol. The van der Waals surface area contributed by atoms with Gasteiger partial charge in [-0.05, 0) is 44.5 Å². The molecule has 2 heteroatoms. The van der Waals surface area contributed by atoms with E-state index in [1.165, 1.54) is 43.3 Å². The van der Waals surface area contributed by atoms with Gasteiger partial charge in [0.2, 0.25) is 0 Å². The van der Waals surface area contributed by atoms with Gasteiger partial charge in [-0.1, -0.05) is 37.5 Å². The van der Waals surface area contributed by atoms with E-state index in [-0.39, 0.29) is 0 Å². The largest absolute Gasteiger partial charge is 0.461 e. The molecule has 0 radical (unpaired) electrons. The third-order valence-electron chi connectivity index (χ3n) is 4.44. The average molecular weight is 257 g/mol. The number of hydrogen-bond acceptors (Lipinski definition) is 2. The maximum atomic E-state index is 6.11. The van der Waals surface area contributed by atoms with E-state index in [1.54, 1.807) is 0 Å². The first-order valence-electron chi connectivity index (χ1n) is 7.51. The van der Waals surface area contributed by atoms with E-state index in [4.69, 9.17) is 4.42 Å². The lowest BCUT2D eigenvalue weighted by atomic mass is 9.86. The van der Waals surface area contributed by atoms with E-state index in [1.807, 2.05) is 6.07 Å². The lowest BCUT2D eigenvalue weighted by Gasteiger charge is -2.23. The van der Waals surface area contributed by atoms with Crippen LogP contribution in [0.3, 0.4) is 0 Å². The van der Waals surface area contributed by atoms with E-state index < -0.39 is 0 Å². The van der Waals surface area contributed by atoms with Crippen LogP contribution in [-0.2, 0) is 0 Å². The fourth-order valence-electron chi connectivity index (χ4n) is 3.45. The summed E-state index contributed by atoms with van der Waals surface area (Å²) >= 11 is 0. The van der Waals surface area contributed by atoms with Gasteiger partial charge in [0, 0.05) is 11.3 Å². The van der Waals surface area contributed by atoms with Gasteiger partial charge in [0.05, 0.1) is 0 Å². The van der Waals surface area contributed by atoms with E-state index in [0.717, 1.165) is 12.1 Å². The van der Waals surface area contributed by atoms with E-state index >= 15 is 0 Å². The van der Waals surface area contributed by atoms with Crippen molar-refractivity contribution in [1.29, 1.82) is 0 Å². The van der Waals surface area contributed by atoms with Gasteiger partial charge in [-0.25, -0.2) is 0 Å². The quantitative estimate of drug-likeness (QED) is 0.829. The molecule has 1 aromatic heterocycles. The standard InChI is InChI=1S/C17H23NO/c1-18-12-14-8-3-2-4-9-15(14)17-11-13-7-5-6-10-16(13)19-17/h5-7,10-11,14-15,18H,2-4,8-9,12H2,1H3. The van der Waals surface area contributed by atoms with E-state index in [0.29, 0.717) is 11.8 Å². The van der Waals surface area contributed by atoms with Crippen molar-refractivity contribution in [3.8, 4) is 0 Å². The minimum Gasteiger partial charge on any atom is -0.461 e. The van der Waals surface area contributed by atoms with Crippen molar-refractivity contribution < 1.29 is 4.42 Å². The number of rotatable bonds is 3. The maximum absolute atomic E-state index is 6.11. The van der Waals surface area contributed by atoms with Gasteiger partial charge in [0.25, 0.3) is 0 Å². The van der Waals surface area contributed by atoms with Crippen molar-refractivity contribution in [3.05, 3.63) is 36.1 Å². The van der Waals surface area contributed by atoms with Crippen LogP contribution in [0, 0.1) is 5.92 Å². The third kappa shape index (κ3) is 2.69. The fraction of sp³-hybridized carbons (Fsp3) is 0.529. The molecular weight excluding hydrogens is 234 g/mol. The summed E-state index contributed by atoms with van der Waals surface area (Å²) < 4.78 is 6.11. The zero-order valence-electron chi connectivity index (χ0n) is 11.7. The van der Waals surface area contributed by atoms with Gasteiger partial charge >= 0.3 is 0 Å². The van der Waals surface area contributed by atoms with Crippen LogP contribution in [0.5, 0.6) is 0 Å². The molecule has 1 heterocycles. The molecule has 19 heavy (non-hydrogen) atoms. The zero-order chi connectivity index (χ0) is 13.1. The van der Waals surface area contributed by atoms with Gasteiger partial charge in [-0.2, -0.15) is 0 Å². The molecule has 0 amide bonds. The highest BCUT2D eigenvalue weighted by molar-refractivity contribution is 5.77. The van der Waals surface area contributed by atoms with Crippen LogP contribution >= 0.6 is 0 Å². The number of nitrogens with one attached hydrogen (secondary N) is 1. The predicted molar refractivity (Wildman–Crippen MR) is 79.5 cm³/mol. The van der Waals surface area contributed by atoms with Crippen molar-refractivity contribution >= 4 is 11.0 Å². The second-order valence-corrected chi connectivity index (χ2v) is 5.75. The molecule has 3 rings (SSSR count). The first-order chi connectivity index (χ1) is 9.38. The number of hydrogen-bond donors (Lipinski definition) is 1. The van der Waals surface area contributed by atoms with Crippen LogP contribution < -0.4 is 5.32 Å². The van der Waals surface area contributed by atoms with Crippen molar-refractivity contribution in [2.75, 3.05) is 13.6 Å². The zero-order valence-corrected chi connectivity index (χ0v) is 11.7.